The normalized spacial score (nSPS) is 17.1. The van der Waals surface area contributed by atoms with Crippen molar-refractivity contribution in [1.29, 1.82) is 0 Å². The average molecular weight is 230 g/mol. The molecule has 0 bridgehead atoms. The van der Waals surface area contributed by atoms with Gasteiger partial charge in [0.15, 0.2) is 5.76 Å². The van der Waals surface area contributed by atoms with E-state index in [2.05, 4.69) is 6.92 Å². The van der Waals surface area contributed by atoms with Crippen LogP contribution in [-0.4, -0.2) is 13.1 Å². The van der Waals surface area contributed by atoms with Crippen molar-refractivity contribution in [3.05, 3.63) is 41.7 Å². The van der Waals surface area contributed by atoms with Crippen LogP contribution in [0.5, 0.6) is 0 Å². The monoisotopic (exact) mass is 230 g/mol. The molecule has 1 fully saturated rings. The summed E-state index contributed by atoms with van der Waals surface area (Å²) in [5, 5.41) is 0. The Morgan fingerprint density at radius 2 is 2.00 bits per heavy atom. The number of carbonyl (C=O) groups excluding carboxylic acids is 1. The summed E-state index contributed by atoms with van der Waals surface area (Å²) in [6, 6.07) is 9.61. The fourth-order valence-corrected chi connectivity index (χ4v) is 1.67. The summed E-state index contributed by atoms with van der Waals surface area (Å²) >= 11 is 0. The second-order valence-corrected chi connectivity index (χ2v) is 4.01. The first-order chi connectivity index (χ1) is 8.29. The Labute approximate surface area is 102 Å². The van der Waals surface area contributed by atoms with Crippen molar-refractivity contribution >= 4 is 19.2 Å². The van der Waals surface area contributed by atoms with Crippen LogP contribution in [0.4, 0.5) is 0 Å². The third-order valence-electron chi connectivity index (χ3n) is 2.59. The highest BCUT2D eigenvalue weighted by atomic mass is 16.7. The lowest BCUT2D eigenvalue weighted by molar-refractivity contribution is -0.129. The number of unbranched alkanes of at least 4 members (excludes halogenated alkanes) is 1. The van der Waals surface area contributed by atoms with Crippen LogP contribution in [0.2, 0.25) is 6.32 Å². The molecular weight excluding hydrogens is 215 g/mol. The second-order valence-electron chi connectivity index (χ2n) is 4.01. The number of rotatable bonds is 4. The lowest BCUT2D eigenvalue weighted by Gasteiger charge is -2.00. The Kier molecular flexibility index (Phi) is 3.86. The molecular formula is C13H15BO3. The van der Waals surface area contributed by atoms with Crippen LogP contribution < -0.4 is 0 Å². The predicted octanol–water partition coefficient (Wildman–Crippen LogP) is 2.89. The maximum absolute atomic E-state index is 11.5. The lowest BCUT2D eigenvalue weighted by atomic mass is 9.83. The van der Waals surface area contributed by atoms with Gasteiger partial charge in [0.05, 0.1) is 0 Å². The highest BCUT2D eigenvalue weighted by Gasteiger charge is 2.36. The zero-order valence-electron chi connectivity index (χ0n) is 9.89. The molecule has 0 N–H and O–H groups in total. The molecule has 88 valence electrons. The molecule has 1 aromatic rings. The third-order valence-corrected chi connectivity index (χ3v) is 2.59. The van der Waals surface area contributed by atoms with Crippen molar-refractivity contribution in [2.45, 2.75) is 26.1 Å². The topological polar surface area (TPSA) is 35.5 Å². The Balaban J connectivity index is 2.03. The highest BCUT2D eigenvalue weighted by molar-refractivity contribution is 6.50. The molecule has 0 aliphatic carbocycles. The van der Waals surface area contributed by atoms with Crippen LogP contribution in [0, 0.1) is 0 Å². The van der Waals surface area contributed by atoms with Crippen LogP contribution in [0.25, 0.3) is 6.08 Å². The molecule has 4 heteroatoms. The van der Waals surface area contributed by atoms with Crippen LogP contribution in [0.15, 0.2) is 36.1 Å². The van der Waals surface area contributed by atoms with Gasteiger partial charge in [-0.1, -0.05) is 50.1 Å². The van der Waals surface area contributed by atoms with Crippen molar-refractivity contribution in [3.63, 3.8) is 0 Å². The first kappa shape index (κ1) is 11.8. The van der Waals surface area contributed by atoms with E-state index in [1.807, 2.05) is 30.3 Å². The van der Waals surface area contributed by atoms with Gasteiger partial charge >= 0.3 is 13.1 Å². The van der Waals surface area contributed by atoms with Gasteiger partial charge < -0.3 is 9.31 Å². The summed E-state index contributed by atoms with van der Waals surface area (Å²) in [4.78, 5) is 11.5. The average Bonchev–Trinajstić information content (AvgIpc) is 2.69. The van der Waals surface area contributed by atoms with E-state index in [0.29, 0.717) is 5.76 Å². The van der Waals surface area contributed by atoms with Crippen molar-refractivity contribution in [1.82, 2.24) is 0 Å². The fraction of sp³-hybridized carbons (Fsp3) is 0.308. The summed E-state index contributed by atoms with van der Waals surface area (Å²) in [5.41, 5.74) is 0.940. The minimum Gasteiger partial charge on any atom is -0.521 e. The number of carbonyl (C=O) groups is 1. The third kappa shape index (κ3) is 3.13. The first-order valence-electron chi connectivity index (χ1n) is 5.94. The Hall–Kier alpha value is -1.71. The first-order valence-corrected chi connectivity index (χ1v) is 5.94. The lowest BCUT2D eigenvalue weighted by Crippen LogP contribution is -2.13. The summed E-state index contributed by atoms with van der Waals surface area (Å²) in [7, 11) is -0.405. The van der Waals surface area contributed by atoms with E-state index in [-0.39, 0.29) is 5.97 Å². The van der Waals surface area contributed by atoms with Crippen LogP contribution in [0.3, 0.4) is 0 Å². The van der Waals surface area contributed by atoms with E-state index in [1.54, 1.807) is 6.08 Å². The molecule has 1 saturated heterocycles. The Morgan fingerprint density at radius 1 is 1.24 bits per heavy atom. The SMILES string of the molecule is CCCCB1OC(=O)/C(=C/c2ccccc2)O1. The van der Waals surface area contributed by atoms with Gasteiger partial charge in [0, 0.05) is 6.32 Å². The maximum Gasteiger partial charge on any atom is 0.597 e. The molecule has 0 spiro atoms. The van der Waals surface area contributed by atoms with Crippen molar-refractivity contribution < 1.29 is 14.1 Å². The van der Waals surface area contributed by atoms with Crippen molar-refractivity contribution in [2.24, 2.45) is 0 Å². The molecule has 2 rings (SSSR count). The van der Waals surface area contributed by atoms with Gasteiger partial charge in [-0.25, -0.2) is 4.79 Å². The van der Waals surface area contributed by atoms with E-state index < -0.39 is 7.12 Å². The van der Waals surface area contributed by atoms with E-state index in [4.69, 9.17) is 9.31 Å². The summed E-state index contributed by atoms with van der Waals surface area (Å²) in [6.45, 7) is 2.09. The number of benzene rings is 1. The van der Waals surface area contributed by atoms with Gasteiger partial charge in [-0.05, 0) is 11.6 Å². The van der Waals surface area contributed by atoms with E-state index >= 15 is 0 Å². The van der Waals surface area contributed by atoms with Gasteiger partial charge in [-0.3, -0.25) is 0 Å². The molecule has 1 aliphatic heterocycles. The maximum atomic E-state index is 11.5. The van der Waals surface area contributed by atoms with E-state index in [1.165, 1.54) is 0 Å². The largest absolute Gasteiger partial charge is 0.597 e. The Bertz CT molecular complexity index is 414. The zero-order chi connectivity index (χ0) is 12.1. The van der Waals surface area contributed by atoms with Gasteiger partial charge in [0.1, 0.15) is 0 Å². The molecule has 0 aromatic heterocycles. The number of hydrogen-bond donors (Lipinski definition) is 0. The van der Waals surface area contributed by atoms with Crippen LogP contribution in [-0.2, 0) is 14.1 Å². The molecule has 0 unspecified atom stereocenters. The molecule has 0 amide bonds. The van der Waals surface area contributed by atoms with Gasteiger partial charge in [0.25, 0.3) is 0 Å². The quantitative estimate of drug-likeness (QED) is 0.589. The second kappa shape index (κ2) is 5.57. The van der Waals surface area contributed by atoms with Gasteiger partial charge in [-0.2, -0.15) is 0 Å². The minimum absolute atomic E-state index is 0.303. The standard InChI is InChI=1S/C13H15BO3/c1-2-3-9-14-16-12(13(15)17-14)10-11-7-5-4-6-8-11/h4-8,10H,2-3,9H2,1H3/b12-10-. The Morgan fingerprint density at radius 3 is 2.71 bits per heavy atom. The van der Waals surface area contributed by atoms with E-state index in [9.17, 15) is 4.79 Å². The number of hydrogen-bond acceptors (Lipinski definition) is 3. The fourth-order valence-electron chi connectivity index (χ4n) is 1.67. The van der Waals surface area contributed by atoms with Crippen LogP contribution >= 0.6 is 0 Å². The molecule has 0 radical (unpaired) electrons. The molecule has 1 aromatic carbocycles. The summed E-state index contributed by atoms with van der Waals surface area (Å²) in [5.74, 6) is -0.0627. The summed E-state index contributed by atoms with van der Waals surface area (Å²) in [6.07, 6.45) is 4.54. The molecule has 1 heterocycles. The predicted molar refractivity (Wildman–Crippen MR) is 67.1 cm³/mol. The minimum atomic E-state index is -0.405. The molecule has 3 nitrogen and oxygen atoms in total. The van der Waals surface area contributed by atoms with Crippen LogP contribution in [0.1, 0.15) is 25.3 Å². The molecule has 0 atom stereocenters. The molecule has 0 saturated carbocycles. The van der Waals surface area contributed by atoms with E-state index in [0.717, 1.165) is 24.7 Å². The van der Waals surface area contributed by atoms with Crippen molar-refractivity contribution in [3.8, 4) is 0 Å². The van der Waals surface area contributed by atoms with Crippen molar-refractivity contribution in [2.75, 3.05) is 0 Å². The summed E-state index contributed by atoms with van der Waals surface area (Å²) < 4.78 is 10.6. The molecule has 17 heavy (non-hydrogen) atoms. The van der Waals surface area contributed by atoms with Gasteiger partial charge in [0.2, 0.25) is 0 Å². The molecule has 1 aliphatic rings. The zero-order valence-corrected chi connectivity index (χ0v) is 9.89. The highest BCUT2D eigenvalue weighted by Crippen LogP contribution is 2.20. The van der Waals surface area contributed by atoms with Gasteiger partial charge in [-0.15, -0.1) is 0 Å². The smallest absolute Gasteiger partial charge is 0.521 e.